The van der Waals surface area contributed by atoms with Crippen LogP contribution in [0.3, 0.4) is 0 Å². The summed E-state index contributed by atoms with van der Waals surface area (Å²) in [4.78, 5) is 19.2. The van der Waals surface area contributed by atoms with E-state index in [2.05, 4.69) is 29.6 Å². The maximum Gasteiger partial charge on any atom is 0.410 e. The average molecular weight is 555 g/mol. The van der Waals surface area contributed by atoms with E-state index in [9.17, 15) is 4.79 Å². The highest BCUT2D eigenvalue weighted by atomic mass is 16.6. The lowest BCUT2D eigenvalue weighted by molar-refractivity contribution is 0.0293. The monoisotopic (exact) mass is 554 g/mol. The lowest BCUT2D eigenvalue weighted by Gasteiger charge is -2.24. The molecule has 0 radical (unpaired) electrons. The molecule has 2 fully saturated rings. The normalized spacial score (nSPS) is 18.0. The summed E-state index contributed by atoms with van der Waals surface area (Å²) in [5, 5.41) is 9.64. The van der Waals surface area contributed by atoms with E-state index in [1.54, 1.807) is 12.0 Å². The van der Waals surface area contributed by atoms with Crippen LogP contribution in [0.2, 0.25) is 0 Å². The van der Waals surface area contributed by atoms with Crippen molar-refractivity contribution in [2.45, 2.75) is 63.8 Å². The predicted octanol–water partition coefficient (Wildman–Crippen LogP) is 5.52. The van der Waals surface area contributed by atoms with E-state index in [4.69, 9.17) is 25.3 Å². The summed E-state index contributed by atoms with van der Waals surface area (Å²) in [7, 11) is 1.66. The third kappa shape index (κ3) is 5.72. The zero-order valence-corrected chi connectivity index (χ0v) is 24.2. The average Bonchev–Trinajstić information content (AvgIpc) is 3.37. The van der Waals surface area contributed by atoms with Crippen molar-refractivity contribution in [3.8, 4) is 16.9 Å². The summed E-state index contributed by atoms with van der Waals surface area (Å²) in [6.07, 6.45) is 4.41. The molecule has 1 amide bonds. The SMILES string of the molecule is COc1ccc(Cn2nc(N[C@@H]3CCN(C(=O)OC(C)(C)C)C3)c3c(-c4ccc(C5(N)CC5)cc4)ccnc32)cc1. The van der Waals surface area contributed by atoms with Gasteiger partial charge in [-0.1, -0.05) is 36.4 Å². The Kier molecular flexibility index (Phi) is 6.85. The molecule has 0 unspecified atom stereocenters. The fourth-order valence-electron chi connectivity index (χ4n) is 5.42. The maximum absolute atomic E-state index is 12.7. The van der Waals surface area contributed by atoms with E-state index in [0.717, 1.165) is 58.6 Å². The molecule has 214 valence electrons. The maximum atomic E-state index is 12.7. The number of nitrogens with zero attached hydrogens (tertiary/aromatic N) is 4. The number of rotatable bonds is 7. The number of carbonyl (C=O) groups is 1. The summed E-state index contributed by atoms with van der Waals surface area (Å²) in [5.41, 5.74) is 10.9. The molecule has 2 aromatic heterocycles. The molecule has 0 bridgehead atoms. The van der Waals surface area contributed by atoms with E-state index in [1.165, 1.54) is 5.56 Å². The molecule has 0 spiro atoms. The summed E-state index contributed by atoms with van der Waals surface area (Å²) < 4.78 is 12.9. The third-order valence-corrected chi connectivity index (χ3v) is 7.86. The fraction of sp³-hybridized carbons (Fsp3) is 0.406. The van der Waals surface area contributed by atoms with Gasteiger partial charge in [-0.2, -0.15) is 5.10 Å². The third-order valence-electron chi connectivity index (χ3n) is 7.86. The van der Waals surface area contributed by atoms with Gasteiger partial charge in [0.05, 0.1) is 19.0 Å². The van der Waals surface area contributed by atoms with Crippen LogP contribution in [0.15, 0.2) is 60.8 Å². The Bertz CT molecular complexity index is 1550. The number of hydrogen-bond acceptors (Lipinski definition) is 7. The van der Waals surface area contributed by atoms with Crippen LogP contribution >= 0.6 is 0 Å². The number of ether oxygens (including phenoxy) is 2. The van der Waals surface area contributed by atoms with Gasteiger partial charge in [-0.15, -0.1) is 0 Å². The van der Waals surface area contributed by atoms with Crippen LogP contribution < -0.4 is 15.8 Å². The fourth-order valence-corrected chi connectivity index (χ4v) is 5.42. The van der Waals surface area contributed by atoms with Crippen LogP contribution in [0.4, 0.5) is 10.6 Å². The smallest absolute Gasteiger partial charge is 0.410 e. The number of amides is 1. The molecule has 3 N–H and O–H groups in total. The van der Waals surface area contributed by atoms with Crippen molar-refractivity contribution in [3.63, 3.8) is 0 Å². The van der Waals surface area contributed by atoms with Gasteiger partial charge in [-0.25, -0.2) is 14.5 Å². The van der Waals surface area contributed by atoms with Crippen LogP contribution in [0.5, 0.6) is 5.75 Å². The number of hydrogen-bond donors (Lipinski definition) is 2. The molecule has 6 rings (SSSR count). The minimum atomic E-state index is -0.530. The molecular weight excluding hydrogens is 516 g/mol. The first kappa shape index (κ1) is 27.1. The molecule has 1 saturated heterocycles. The van der Waals surface area contributed by atoms with E-state index >= 15 is 0 Å². The van der Waals surface area contributed by atoms with Gasteiger partial charge >= 0.3 is 6.09 Å². The van der Waals surface area contributed by atoms with Gasteiger partial charge in [0.15, 0.2) is 11.5 Å². The van der Waals surface area contributed by atoms with E-state index in [1.807, 2.05) is 62.0 Å². The van der Waals surface area contributed by atoms with Gasteiger partial charge in [0.25, 0.3) is 0 Å². The van der Waals surface area contributed by atoms with Crippen molar-refractivity contribution in [2.24, 2.45) is 5.73 Å². The Morgan fingerprint density at radius 1 is 1.10 bits per heavy atom. The van der Waals surface area contributed by atoms with E-state index in [0.29, 0.717) is 19.6 Å². The first-order valence-corrected chi connectivity index (χ1v) is 14.2. The van der Waals surface area contributed by atoms with Gasteiger partial charge in [0, 0.05) is 30.9 Å². The van der Waals surface area contributed by atoms with Gasteiger partial charge in [-0.3, -0.25) is 0 Å². The quantitative estimate of drug-likeness (QED) is 0.310. The number of benzene rings is 2. The number of anilines is 1. The van der Waals surface area contributed by atoms with Crippen LogP contribution in [0.25, 0.3) is 22.2 Å². The first-order valence-electron chi connectivity index (χ1n) is 14.2. The number of methoxy groups -OCH3 is 1. The second kappa shape index (κ2) is 10.4. The second-order valence-electron chi connectivity index (χ2n) is 12.2. The first-order chi connectivity index (χ1) is 19.6. The van der Waals surface area contributed by atoms with Crippen LogP contribution in [0, 0.1) is 0 Å². The van der Waals surface area contributed by atoms with Gasteiger partial charge in [0.2, 0.25) is 0 Å². The summed E-state index contributed by atoms with van der Waals surface area (Å²) in [5.74, 6) is 1.57. The predicted molar refractivity (Wildman–Crippen MR) is 160 cm³/mol. The lowest BCUT2D eigenvalue weighted by atomic mass is 9.98. The van der Waals surface area contributed by atoms with Crippen molar-refractivity contribution in [1.29, 1.82) is 0 Å². The number of pyridine rings is 1. The molecule has 1 aliphatic carbocycles. The summed E-state index contributed by atoms with van der Waals surface area (Å²) in [6, 6.07) is 18.6. The second-order valence-corrected chi connectivity index (χ2v) is 12.2. The van der Waals surface area contributed by atoms with Gasteiger partial charge in [-0.05, 0) is 80.5 Å². The molecule has 1 aliphatic heterocycles. The Labute approximate surface area is 240 Å². The molecule has 1 atom stereocenters. The zero-order chi connectivity index (χ0) is 28.8. The van der Waals surface area contributed by atoms with Crippen molar-refractivity contribution in [3.05, 3.63) is 71.9 Å². The highest BCUT2D eigenvalue weighted by Gasteiger charge is 2.39. The molecule has 9 nitrogen and oxygen atoms in total. The van der Waals surface area contributed by atoms with Crippen LogP contribution in [-0.2, 0) is 16.8 Å². The van der Waals surface area contributed by atoms with Gasteiger partial charge in [0.1, 0.15) is 11.4 Å². The highest BCUT2D eigenvalue weighted by molar-refractivity contribution is 6.01. The summed E-state index contributed by atoms with van der Waals surface area (Å²) in [6.45, 7) is 7.39. The Morgan fingerprint density at radius 2 is 1.83 bits per heavy atom. The topological polar surface area (TPSA) is 108 Å². The number of aromatic nitrogens is 3. The molecule has 3 heterocycles. The number of likely N-dealkylation sites (tertiary alicyclic amines) is 1. The molecule has 4 aromatic rings. The summed E-state index contributed by atoms with van der Waals surface area (Å²) >= 11 is 0. The standard InChI is InChI=1S/C32H38N6O3/c1-31(2,3)41-30(39)37-18-14-24(20-37)35-28-27-26(22-7-9-23(10-8-22)32(33)15-16-32)13-17-34-29(27)38(36-28)19-21-5-11-25(40-4)12-6-21/h5-13,17,24H,14-16,18-20,33H2,1-4H3,(H,35,36)/t24-/m1/s1. The Morgan fingerprint density at radius 3 is 2.49 bits per heavy atom. The minimum absolute atomic E-state index is 0.0393. The van der Waals surface area contributed by atoms with E-state index < -0.39 is 5.60 Å². The van der Waals surface area contributed by atoms with Crippen LogP contribution in [-0.4, -0.2) is 57.6 Å². The van der Waals surface area contributed by atoms with Crippen molar-refractivity contribution in [1.82, 2.24) is 19.7 Å². The van der Waals surface area contributed by atoms with Gasteiger partial charge < -0.3 is 25.4 Å². The van der Waals surface area contributed by atoms with Crippen molar-refractivity contribution in [2.75, 3.05) is 25.5 Å². The largest absolute Gasteiger partial charge is 0.497 e. The van der Waals surface area contributed by atoms with E-state index in [-0.39, 0.29) is 17.7 Å². The molecule has 2 aromatic carbocycles. The van der Waals surface area contributed by atoms with Crippen molar-refractivity contribution >= 4 is 22.9 Å². The number of nitrogens with two attached hydrogens (primary N) is 1. The molecule has 1 saturated carbocycles. The Hall–Kier alpha value is -4.11. The van der Waals surface area contributed by atoms with Crippen LogP contribution in [0.1, 0.15) is 51.2 Å². The lowest BCUT2D eigenvalue weighted by Crippen LogP contribution is -2.36. The highest BCUT2D eigenvalue weighted by Crippen LogP contribution is 2.43. The number of fused-ring (bicyclic) bond motifs is 1. The number of nitrogens with one attached hydrogen (secondary N) is 1. The molecular formula is C32H38N6O3. The number of carbonyl (C=O) groups excluding carboxylic acids is 1. The zero-order valence-electron chi connectivity index (χ0n) is 24.2. The molecule has 41 heavy (non-hydrogen) atoms. The minimum Gasteiger partial charge on any atom is -0.497 e. The molecule has 2 aliphatic rings. The van der Waals surface area contributed by atoms with Crippen molar-refractivity contribution < 1.29 is 14.3 Å². The molecule has 9 heteroatoms. The Balaban J connectivity index is 1.34.